The van der Waals surface area contributed by atoms with Gasteiger partial charge in [0.15, 0.2) is 0 Å². The number of carbonyl (C=O) groups is 1. The zero-order chi connectivity index (χ0) is 13.8. The van der Waals surface area contributed by atoms with Crippen LogP contribution >= 0.6 is 0 Å². The number of amides is 1. The molecule has 1 amide bonds. The first kappa shape index (κ1) is 12.8. The molecule has 0 saturated heterocycles. The van der Waals surface area contributed by atoms with Crippen molar-refractivity contribution in [1.82, 2.24) is 4.98 Å². The number of nitrogens with zero attached hydrogens (tertiary/aromatic N) is 1. The molecule has 2 aromatic rings. The quantitative estimate of drug-likeness (QED) is 0.574. The number of hydrogen-bond donors (Lipinski definition) is 3. The highest BCUT2D eigenvalue weighted by Crippen LogP contribution is 2.15. The van der Waals surface area contributed by atoms with Crippen LogP contribution in [0.3, 0.4) is 0 Å². The number of H-pyrrole nitrogens is 1. The maximum absolute atomic E-state index is 11.8. The first-order valence-electron chi connectivity index (χ1n) is 5.44. The number of carbonyl (C=O) groups excluding carboxylic acids is 1. The number of anilines is 1. The molecule has 7 heteroatoms. The lowest BCUT2D eigenvalue weighted by Gasteiger charge is -2.04. The van der Waals surface area contributed by atoms with Crippen LogP contribution in [0.25, 0.3) is 0 Å². The van der Waals surface area contributed by atoms with Crippen molar-refractivity contribution in [2.75, 3.05) is 5.32 Å². The van der Waals surface area contributed by atoms with E-state index in [0.29, 0.717) is 5.69 Å². The van der Waals surface area contributed by atoms with Crippen molar-refractivity contribution < 1.29 is 14.8 Å². The number of nitro groups is 1. The SMILES string of the molecule is O=C(Nc1ccc(CO)cc1)c1cc([N+](=O)[O-])c[nH]1. The monoisotopic (exact) mass is 261 g/mol. The van der Waals surface area contributed by atoms with Crippen LogP contribution in [0.4, 0.5) is 11.4 Å². The van der Waals surface area contributed by atoms with Gasteiger partial charge in [-0.15, -0.1) is 0 Å². The van der Waals surface area contributed by atoms with Crippen molar-refractivity contribution in [3.8, 4) is 0 Å². The van der Waals surface area contributed by atoms with Gasteiger partial charge in [0.2, 0.25) is 0 Å². The molecule has 0 aliphatic rings. The number of aliphatic hydroxyl groups is 1. The van der Waals surface area contributed by atoms with E-state index >= 15 is 0 Å². The Morgan fingerprint density at radius 2 is 2.05 bits per heavy atom. The van der Waals surface area contributed by atoms with Gasteiger partial charge >= 0.3 is 0 Å². The predicted molar refractivity (Wildman–Crippen MR) is 67.8 cm³/mol. The zero-order valence-corrected chi connectivity index (χ0v) is 9.79. The summed E-state index contributed by atoms with van der Waals surface area (Å²) in [5.41, 5.74) is 1.21. The Kier molecular flexibility index (Phi) is 3.58. The molecule has 7 nitrogen and oxygen atoms in total. The predicted octanol–water partition coefficient (Wildman–Crippen LogP) is 1.67. The second-order valence-electron chi connectivity index (χ2n) is 3.84. The van der Waals surface area contributed by atoms with Gasteiger partial charge in [-0.3, -0.25) is 14.9 Å². The molecule has 1 aromatic carbocycles. The van der Waals surface area contributed by atoms with Gasteiger partial charge in [-0.2, -0.15) is 0 Å². The van der Waals surface area contributed by atoms with Crippen LogP contribution in [0.2, 0.25) is 0 Å². The van der Waals surface area contributed by atoms with Gasteiger partial charge in [0.1, 0.15) is 5.69 Å². The summed E-state index contributed by atoms with van der Waals surface area (Å²) in [7, 11) is 0. The Balaban J connectivity index is 2.08. The Labute approximate surface area is 108 Å². The molecule has 0 unspecified atom stereocenters. The normalized spacial score (nSPS) is 10.2. The third-order valence-corrected chi connectivity index (χ3v) is 2.52. The van der Waals surface area contributed by atoms with Crippen molar-refractivity contribution in [1.29, 1.82) is 0 Å². The van der Waals surface area contributed by atoms with Gasteiger partial charge in [-0.05, 0) is 17.7 Å². The summed E-state index contributed by atoms with van der Waals surface area (Å²) in [4.78, 5) is 24.2. The number of aliphatic hydroxyl groups excluding tert-OH is 1. The molecule has 1 aromatic heterocycles. The van der Waals surface area contributed by atoms with Crippen LogP contribution in [-0.4, -0.2) is 20.9 Å². The lowest BCUT2D eigenvalue weighted by Crippen LogP contribution is -2.12. The highest BCUT2D eigenvalue weighted by molar-refractivity contribution is 6.03. The lowest BCUT2D eigenvalue weighted by atomic mass is 10.2. The maximum atomic E-state index is 11.8. The molecular weight excluding hydrogens is 250 g/mol. The number of aromatic amines is 1. The highest BCUT2D eigenvalue weighted by atomic mass is 16.6. The van der Waals surface area contributed by atoms with Gasteiger partial charge < -0.3 is 15.4 Å². The molecule has 0 atom stereocenters. The van der Waals surface area contributed by atoms with Crippen molar-refractivity contribution in [3.05, 3.63) is 57.9 Å². The fourth-order valence-electron chi connectivity index (χ4n) is 1.51. The summed E-state index contributed by atoms with van der Waals surface area (Å²) in [5, 5.41) is 22.0. The Morgan fingerprint density at radius 3 is 2.58 bits per heavy atom. The number of benzene rings is 1. The minimum absolute atomic E-state index is 0.0724. The van der Waals surface area contributed by atoms with E-state index in [-0.39, 0.29) is 18.0 Å². The van der Waals surface area contributed by atoms with Gasteiger partial charge in [-0.1, -0.05) is 12.1 Å². The summed E-state index contributed by atoms with van der Waals surface area (Å²) >= 11 is 0. The van der Waals surface area contributed by atoms with Gasteiger partial charge in [0.25, 0.3) is 11.6 Å². The third-order valence-electron chi connectivity index (χ3n) is 2.52. The maximum Gasteiger partial charge on any atom is 0.287 e. The topological polar surface area (TPSA) is 108 Å². The van der Waals surface area contributed by atoms with E-state index in [1.165, 1.54) is 0 Å². The van der Waals surface area contributed by atoms with Crippen LogP contribution in [-0.2, 0) is 6.61 Å². The number of aromatic nitrogens is 1. The van der Waals surface area contributed by atoms with Gasteiger partial charge in [-0.25, -0.2) is 0 Å². The summed E-state index contributed by atoms with van der Waals surface area (Å²) in [6.07, 6.45) is 1.16. The van der Waals surface area contributed by atoms with E-state index < -0.39 is 10.8 Å². The summed E-state index contributed by atoms with van der Waals surface area (Å²) < 4.78 is 0. The van der Waals surface area contributed by atoms with Crippen molar-refractivity contribution in [2.24, 2.45) is 0 Å². The smallest absolute Gasteiger partial charge is 0.287 e. The molecule has 2 rings (SSSR count). The van der Waals surface area contributed by atoms with Crippen LogP contribution in [0, 0.1) is 10.1 Å². The van der Waals surface area contributed by atoms with Crippen LogP contribution in [0.15, 0.2) is 36.5 Å². The Hall–Kier alpha value is -2.67. The summed E-state index contributed by atoms with van der Waals surface area (Å²) in [6.45, 7) is -0.0724. The fraction of sp³-hybridized carbons (Fsp3) is 0.0833. The number of nitrogens with one attached hydrogen (secondary N) is 2. The minimum atomic E-state index is -0.580. The van der Waals surface area contributed by atoms with Crippen molar-refractivity contribution in [3.63, 3.8) is 0 Å². The summed E-state index contributed by atoms with van der Waals surface area (Å²) in [5.74, 6) is -0.468. The second kappa shape index (κ2) is 5.32. The largest absolute Gasteiger partial charge is 0.392 e. The first-order valence-corrected chi connectivity index (χ1v) is 5.44. The van der Waals surface area contributed by atoms with Crippen LogP contribution in [0.1, 0.15) is 16.1 Å². The Morgan fingerprint density at radius 1 is 1.37 bits per heavy atom. The molecule has 0 spiro atoms. The van der Waals surface area contributed by atoms with Crippen molar-refractivity contribution >= 4 is 17.3 Å². The molecule has 98 valence electrons. The van der Waals surface area contributed by atoms with E-state index in [2.05, 4.69) is 10.3 Å². The first-order chi connectivity index (χ1) is 9.10. The van der Waals surface area contributed by atoms with Gasteiger partial charge in [0.05, 0.1) is 17.7 Å². The minimum Gasteiger partial charge on any atom is -0.392 e. The second-order valence-corrected chi connectivity index (χ2v) is 3.84. The molecule has 0 bridgehead atoms. The lowest BCUT2D eigenvalue weighted by molar-refractivity contribution is -0.384. The third kappa shape index (κ3) is 2.96. The highest BCUT2D eigenvalue weighted by Gasteiger charge is 2.14. The Bertz CT molecular complexity index is 604. The molecule has 0 saturated carbocycles. The molecule has 0 aliphatic carbocycles. The molecule has 1 heterocycles. The van der Waals surface area contributed by atoms with E-state index in [1.807, 2.05) is 0 Å². The molecule has 19 heavy (non-hydrogen) atoms. The number of rotatable bonds is 4. The zero-order valence-electron chi connectivity index (χ0n) is 9.79. The molecule has 0 aliphatic heterocycles. The van der Waals surface area contributed by atoms with E-state index in [1.54, 1.807) is 24.3 Å². The number of hydrogen-bond acceptors (Lipinski definition) is 4. The molecule has 3 N–H and O–H groups in total. The van der Waals surface area contributed by atoms with Gasteiger partial charge in [0, 0.05) is 11.8 Å². The summed E-state index contributed by atoms with van der Waals surface area (Å²) in [6, 6.07) is 7.79. The standard InChI is InChI=1S/C12H11N3O4/c16-7-8-1-3-9(4-2-8)14-12(17)11-5-10(6-13-11)15(18)19/h1-6,13,16H,7H2,(H,14,17). The van der Waals surface area contributed by atoms with E-state index in [4.69, 9.17) is 5.11 Å². The average molecular weight is 261 g/mol. The van der Waals surface area contributed by atoms with Crippen LogP contribution in [0.5, 0.6) is 0 Å². The average Bonchev–Trinajstić information content (AvgIpc) is 2.89. The molecule has 0 fully saturated rings. The molecule has 0 radical (unpaired) electrons. The fourth-order valence-corrected chi connectivity index (χ4v) is 1.51. The van der Waals surface area contributed by atoms with Crippen molar-refractivity contribution in [2.45, 2.75) is 6.61 Å². The van der Waals surface area contributed by atoms with Crippen LogP contribution < -0.4 is 5.32 Å². The van der Waals surface area contributed by atoms with E-state index in [0.717, 1.165) is 17.8 Å². The van der Waals surface area contributed by atoms with E-state index in [9.17, 15) is 14.9 Å². The molecular formula is C12H11N3O4.